The number of amides is 2. The Morgan fingerprint density at radius 3 is 2.26 bits per heavy atom. The van der Waals surface area contributed by atoms with Crippen molar-refractivity contribution in [1.82, 2.24) is 4.90 Å². The first kappa shape index (κ1) is 27.3. The van der Waals surface area contributed by atoms with E-state index in [-0.39, 0.29) is 22.9 Å². The molecule has 2 amide bonds. The van der Waals surface area contributed by atoms with E-state index in [1.807, 2.05) is 0 Å². The largest absolute Gasteiger partial charge is 0.496 e. The van der Waals surface area contributed by atoms with Gasteiger partial charge in [0.05, 0.1) is 40.1 Å². The number of carbonyl (C=O) groups excluding carboxylic acids is 4. The fourth-order valence-corrected chi connectivity index (χ4v) is 6.46. The molecule has 3 aliphatic rings. The van der Waals surface area contributed by atoms with Crippen molar-refractivity contribution in [2.75, 3.05) is 12.0 Å². The average molecular weight is 628 g/mol. The first-order chi connectivity index (χ1) is 20.2. The highest BCUT2D eigenvalue weighted by Gasteiger charge is 2.63. The second kappa shape index (κ2) is 10.5. The molecule has 3 aromatic carbocycles. The van der Waals surface area contributed by atoms with E-state index in [1.165, 1.54) is 31.4 Å². The summed E-state index contributed by atoms with van der Waals surface area (Å²) in [6, 6.07) is 16.8. The van der Waals surface area contributed by atoms with Crippen molar-refractivity contribution in [3.8, 4) is 5.75 Å². The quantitative estimate of drug-likeness (QED) is 0.159. The Balaban J connectivity index is 1.42. The molecule has 10 nitrogen and oxygen atoms in total. The van der Waals surface area contributed by atoms with Gasteiger partial charge in [-0.15, -0.1) is 0 Å². The zero-order valence-corrected chi connectivity index (χ0v) is 23.6. The third kappa shape index (κ3) is 4.33. The lowest BCUT2D eigenvalue weighted by atomic mass is 9.85. The highest BCUT2D eigenvalue weighted by atomic mass is 79.9. The number of rotatable bonds is 7. The van der Waals surface area contributed by atoms with Crippen molar-refractivity contribution in [1.29, 1.82) is 0 Å². The molecule has 2 fully saturated rings. The van der Waals surface area contributed by atoms with Crippen LogP contribution in [0.4, 0.5) is 11.4 Å². The maximum atomic E-state index is 14.1. The smallest absolute Gasteiger partial charge is 0.269 e. The van der Waals surface area contributed by atoms with Crippen LogP contribution in [0.15, 0.2) is 101 Å². The number of hydrogen-bond acceptors (Lipinski definition) is 8. The monoisotopic (exact) mass is 627 g/mol. The number of methoxy groups -OCH3 is 1. The Bertz CT molecular complexity index is 1720. The Morgan fingerprint density at radius 2 is 1.62 bits per heavy atom. The summed E-state index contributed by atoms with van der Waals surface area (Å²) in [6.07, 6.45) is 4.85. The molecule has 0 aromatic heterocycles. The minimum atomic E-state index is -1.06. The molecule has 0 spiro atoms. The predicted molar refractivity (Wildman–Crippen MR) is 155 cm³/mol. The van der Waals surface area contributed by atoms with Crippen LogP contribution in [0.3, 0.4) is 0 Å². The van der Waals surface area contributed by atoms with Gasteiger partial charge in [0.15, 0.2) is 11.6 Å². The maximum Gasteiger partial charge on any atom is 0.269 e. The zero-order chi connectivity index (χ0) is 29.7. The second-order valence-electron chi connectivity index (χ2n) is 10.1. The summed E-state index contributed by atoms with van der Waals surface area (Å²) >= 11 is 3.40. The number of nitro benzene ring substituents is 1. The summed E-state index contributed by atoms with van der Waals surface area (Å²) < 4.78 is 5.83. The molecular formula is C31H22BrN3O7. The first-order valence-corrected chi connectivity index (χ1v) is 13.8. The number of ether oxygens (including phenoxy) is 1. The first-order valence-electron chi connectivity index (χ1n) is 13.0. The molecule has 0 bridgehead atoms. The molecular weight excluding hydrogens is 606 g/mol. The van der Waals surface area contributed by atoms with Gasteiger partial charge in [0.25, 0.3) is 5.69 Å². The number of carbonyl (C=O) groups is 4. The number of benzene rings is 3. The molecule has 11 heteroatoms. The van der Waals surface area contributed by atoms with Crippen molar-refractivity contribution < 1.29 is 28.8 Å². The van der Waals surface area contributed by atoms with Crippen molar-refractivity contribution in [2.45, 2.75) is 12.1 Å². The number of allylic oxidation sites excluding steroid dienone is 2. The van der Waals surface area contributed by atoms with E-state index >= 15 is 0 Å². The molecule has 0 radical (unpaired) electrons. The molecule has 2 saturated heterocycles. The van der Waals surface area contributed by atoms with E-state index < -0.39 is 40.7 Å². The molecule has 3 aliphatic heterocycles. The van der Waals surface area contributed by atoms with Crippen molar-refractivity contribution in [2.24, 2.45) is 11.8 Å². The molecule has 3 heterocycles. The normalized spacial score (nSPS) is 22.5. The van der Waals surface area contributed by atoms with Gasteiger partial charge in [0.2, 0.25) is 11.8 Å². The number of anilines is 1. The molecule has 210 valence electrons. The molecule has 0 saturated carbocycles. The van der Waals surface area contributed by atoms with E-state index in [1.54, 1.807) is 71.8 Å². The Morgan fingerprint density at radius 1 is 0.929 bits per heavy atom. The third-order valence-corrected chi connectivity index (χ3v) is 8.49. The van der Waals surface area contributed by atoms with Gasteiger partial charge >= 0.3 is 0 Å². The number of non-ortho nitro benzene ring substituents is 1. The van der Waals surface area contributed by atoms with E-state index in [9.17, 15) is 29.3 Å². The number of hydrogen-bond donors (Lipinski definition) is 0. The van der Waals surface area contributed by atoms with Gasteiger partial charge in [0, 0.05) is 35.0 Å². The number of halogens is 1. The van der Waals surface area contributed by atoms with Gasteiger partial charge in [0.1, 0.15) is 11.8 Å². The van der Waals surface area contributed by atoms with E-state index in [0.29, 0.717) is 26.9 Å². The fraction of sp³-hybridized carbons (Fsp3) is 0.161. The molecule has 0 aliphatic carbocycles. The van der Waals surface area contributed by atoms with Crippen LogP contribution in [0, 0.1) is 22.0 Å². The highest BCUT2D eigenvalue weighted by molar-refractivity contribution is 9.10. The number of fused-ring (bicyclic) bond motifs is 3. The number of imide groups is 1. The van der Waals surface area contributed by atoms with E-state index in [2.05, 4.69) is 15.9 Å². The SMILES string of the molecule is COc1ccc(C(=O)[C@@H]2[C@@H]3C(=O)N(c4ccc([N+](=O)[O-])cc4)C(=O)[C@@H]3[C@H]3C=C(C(=O)c4ccccc4)C=CN32)cc1Br. The second-order valence-corrected chi connectivity index (χ2v) is 10.9. The van der Waals surface area contributed by atoms with Gasteiger partial charge in [-0.25, -0.2) is 4.90 Å². The van der Waals surface area contributed by atoms with Crippen molar-refractivity contribution in [3.05, 3.63) is 122 Å². The Kier molecular flexibility index (Phi) is 6.82. The Hall–Kier alpha value is -4.90. The van der Waals surface area contributed by atoms with Crippen LogP contribution in [0.1, 0.15) is 20.7 Å². The predicted octanol–water partition coefficient (Wildman–Crippen LogP) is 4.74. The number of nitrogens with zero attached hydrogens (tertiary/aromatic N) is 3. The summed E-state index contributed by atoms with van der Waals surface area (Å²) in [7, 11) is 1.50. The van der Waals surface area contributed by atoms with Gasteiger partial charge < -0.3 is 9.64 Å². The lowest BCUT2D eigenvalue weighted by Gasteiger charge is -2.32. The highest BCUT2D eigenvalue weighted by Crippen LogP contribution is 2.47. The van der Waals surface area contributed by atoms with Gasteiger partial charge in [-0.05, 0) is 52.3 Å². The summed E-state index contributed by atoms with van der Waals surface area (Å²) in [4.78, 5) is 68.5. The zero-order valence-electron chi connectivity index (χ0n) is 22.0. The molecule has 0 N–H and O–H groups in total. The molecule has 0 unspecified atom stereocenters. The van der Waals surface area contributed by atoms with Crippen molar-refractivity contribution in [3.63, 3.8) is 0 Å². The van der Waals surface area contributed by atoms with Crippen LogP contribution >= 0.6 is 15.9 Å². The maximum absolute atomic E-state index is 14.1. The van der Waals surface area contributed by atoms with Crippen LogP contribution in [-0.4, -0.2) is 52.4 Å². The minimum Gasteiger partial charge on any atom is -0.496 e. The molecule has 42 heavy (non-hydrogen) atoms. The molecule has 6 rings (SSSR count). The Labute approximate surface area is 248 Å². The van der Waals surface area contributed by atoms with Crippen LogP contribution in [0.2, 0.25) is 0 Å². The molecule has 3 aromatic rings. The molecule has 4 atom stereocenters. The minimum absolute atomic E-state index is 0.172. The van der Waals surface area contributed by atoms with Crippen LogP contribution in [-0.2, 0) is 9.59 Å². The summed E-state index contributed by atoms with van der Waals surface area (Å²) in [5.41, 5.74) is 1.10. The van der Waals surface area contributed by atoms with Gasteiger partial charge in [-0.1, -0.05) is 36.4 Å². The summed E-state index contributed by atoms with van der Waals surface area (Å²) in [5, 5.41) is 11.1. The lowest BCUT2D eigenvalue weighted by molar-refractivity contribution is -0.384. The topological polar surface area (TPSA) is 127 Å². The van der Waals surface area contributed by atoms with Gasteiger partial charge in [-0.2, -0.15) is 0 Å². The van der Waals surface area contributed by atoms with Crippen LogP contribution < -0.4 is 9.64 Å². The number of ketones is 2. The van der Waals surface area contributed by atoms with Gasteiger partial charge in [-0.3, -0.25) is 29.3 Å². The number of Topliss-reactive ketones (excluding diaryl/α,β-unsaturated/α-hetero) is 2. The third-order valence-electron chi connectivity index (χ3n) is 7.87. The van der Waals surface area contributed by atoms with Crippen LogP contribution in [0.5, 0.6) is 5.75 Å². The van der Waals surface area contributed by atoms with Crippen molar-refractivity contribution >= 4 is 50.7 Å². The van der Waals surface area contributed by atoms with E-state index in [0.717, 1.165) is 4.90 Å². The number of nitro groups is 1. The average Bonchev–Trinajstić information content (AvgIpc) is 3.48. The standard InChI is InChI=1S/C31H22BrN3O7/c1-42-24-12-7-18(15-22(24)32)29(37)27-26-25(30(38)34(31(26)39)20-8-10-21(11-9-20)35(40)41)23-16-19(13-14-33(23)27)28(36)17-5-3-2-4-6-17/h2-16,23,25-27H,1H3/t23-,25-,26-,27+/m1/s1. The summed E-state index contributed by atoms with van der Waals surface area (Å²) in [6.45, 7) is 0. The lowest BCUT2D eigenvalue weighted by Crippen LogP contribution is -2.46. The van der Waals surface area contributed by atoms with E-state index in [4.69, 9.17) is 4.74 Å². The summed E-state index contributed by atoms with van der Waals surface area (Å²) in [5.74, 6) is -3.26. The fourth-order valence-electron chi connectivity index (χ4n) is 5.92. The van der Waals surface area contributed by atoms with Crippen LogP contribution in [0.25, 0.3) is 0 Å².